The Labute approximate surface area is 68.1 Å². The second kappa shape index (κ2) is 2.01. The van der Waals surface area contributed by atoms with Gasteiger partial charge in [0.25, 0.3) is 0 Å². The van der Waals surface area contributed by atoms with Gasteiger partial charge in [0, 0.05) is 12.5 Å². The van der Waals surface area contributed by atoms with Crippen LogP contribution in [0.1, 0.15) is 32.1 Å². The number of hydrogen-bond donors (Lipinski definition) is 0. The third-order valence-corrected chi connectivity index (χ3v) is 3.52. The van der Waals surface area contributed by atoms with Gasteiger partial charge < -0.3 is 4.74 Å². The monoisotopic (exact) mass is 150 g/mol. The number of ether oxygens (including phenoxy) is 1. The van der Waals surface area contributed by atoms with Crippen molar-refractivity contribution in [3.63, 3.8) is 0 Å². The van der Waals surface area contributed by atoms with E-state index >= 15 is 0 Å². The molecule has 0 spiro atoms. The Hall–Kier alpha value is -0.480. The zero-order valence-electron chi connectivity index (χ0n) is 7.02. The normalized spacial score (nSPS) is 47.6. The van der Waals surface area contributed by atoms with Gasteiger partial charge in [-0.05, 0) is 32.1 Å². The topological polar surface area (TPSA) is 9.23 Å². The van der Waals surface area contributed by atoms with Crippen molar-refractivity contribution in [3.8, 4) is 12.3 Å². The molecule has 0 aliphatic heterocycles. The Kier molecular flexibility index (Phi) is 1.32. The fourth-order valence-electron chi connectivity index (χ4n) is 2.63. The maximum atomic E-state index is 5.52. The van der Waals surface area contributed by atoms with Crippen LogP contribution in [-0.2, 0) is 4.74 Å². The van der Waals surface area contributed by atoms with Crippen molar-refractivity contribution < 1.29 is 4.74 Å². The van der Waals surface area contributed by atoms with Gasteiger partial charge in [-0.3, -0.25) is 0 Å². The van der Waals surface area contributed by atoms with Crippen molar-refractivity contribution in [1.82, 2.24) is 0 Å². The van der Waals surface area contributed by atoms with Gasteiger partial charge in [0.1, 0.15) is 0 Å². The Bertz CT molecular complexity index is 203. The molecular formula is C10H14O. The third-order valence-electron chi connectivity index (χ3n) is 3.52. The van der Waals surface area contributed by atoms with Gasteiger partial charge in [-0.1, -0.05) is 5.92 Å². The second-order valence-corrected chi connectivity index (χ2v) is 3.99. The highest BCUT2D eigenvalue weighted by Gasteiger charge is 2.53. The average Bonchev–Trinajstić information content (AvgIpc) is 2.61. The number of rotatable bonds is 1. The van der Waals surface area contributed by atoms with Gasteiger partial charge in [-0.25, -0.2) is 0 Å². The first kappa shape index (κ1) is 7.18. The van der Waals surface area contributed by atoms with E-state index in [0.717, 1.165) is 6.42 Å². The van der Waals surface area contributed by atoms with Crippen LogP contribution >= 0.6 is 0 Å². The van der Waals surface area contributed by atoms with Crippen molar-refractivity contribution >= 4 is 0 Å². The molecule has 60 valence electrons. The van der Waals surface area contributed by atoms with E-state index < -0.39 is 0 Å². The van der Waals surface area contributed by atoms with Gasteiger partial charge in [0.05, 0.1) is 5.60 Å². The molecule has 2 aliphatic rings. The minimum Gasteiger partial charge on any atom is -0.378 e. The highest BCUT2D eigenvalue weighted by atomic mass is 16.5. The lowest BCUT2D eigenvalue weighted by molar-refractivity contribution is -0.000315. The molecule has 0 unspecified atom stereocenters. The van der Waals surface area contributed by atoms with Crippen molar-refractivity contribution in [2.45, 2.75) is 37.7 Å². The standard InChI is InChI=1S/C10H14O/c1-3-9-4-6-10(8-9,11-2)7-5-9/h1H,4-8H2,2H3. The van der Waals surface area contributed by atoms with E-state index in [-0.39, 0.29) is 11.0 Å². The van der Waals surface area contributed by atoms with E-state index in [2.05, 4.69) is 5.92 Å². The molecule has 2 aliphatic carbocycles. The fourth-order valence-corrected chi connectivity index (χ4v) is 2.63. The number of methoxy groups -OCH3 is 1. The highest BCUT2D eigenvalue weighted by molar-refractivity contribution is 5.18. The SMILES string of the molecule is C#CC12CCC(OC)(CC1)C2. The molecule has 1 nitrogen and oxygen atoms in total. The molecule has 0 radical (unpaired) electrons. The Morgan fingerprint density at radius 1 is 1.27 bits per heavy atom. The maximum Gasteiger partial charge on any atom is 0.0694 e. The van der Waals surface area contributed by atoms with E-state index in [0.29, 0.717) is 0 Å². The van der Waals surface area contributed by atoms with Crippen LogP contribution in [0.3, 0.4) is 0 Å². The van der Waals surface area contributed by atoms with Crippen LogP contribution in [0, 0.1) is 17.8 Å². The van der Waals surface area contributed by atoms with Crippen molar-refractivity contribution in [3.05, 3.63) is 0 Å². The summed E-state index contributed by atoms with van der Waals surface area (Å²) in [4.78, 5) is 0. The van der Waals surface area contributed by atoms with E-state index in [1.54, 1.807) is 0 Å². The average molecular weight is 150 g/mol. The summed E-state index contributed by atoms with van der Waals surface area (Å²) in [6.45, 7) is 0. The summed E-state index contributed by atoms with van der Waals surface area (Å²) in [5.41, 5.74) is 0.391. The maximum absolute atomic E-state index is 5.52. The summed E-state index contributed by atoms with van der Waals surface area (Å²) in [5, 5.41) is 0. The summed E-state index contributed by atoms with van der Waals surface area (Å²) >= 11 is 0. The number of fused-ring (bicyclic) bond motifs is 2. The lowest BCUT2D eigenvalue weighted by Crippen LogP contribution is -2.24. The zero-order valence-corrected chi connectivity index (χ0v) is 7.02. The van der Waals surface area contributed by atoms with E-state index in [4.69, 9.17) is 11.2 Å². The molecule has 0 heterocycles. The minimum atomic E-state index is 0.173. The van der Waals surface area contributed by atoms with Crippen LogP contribution in [0.25, 0.3) is 0 Å². The van der Waals surface area contributed by atoms with Gasteiger partial charge in [0.15, 0.2) is 0 Å². The molecule has 0 N–H and O–H groups in total. The van der Waals surface area contributed by atoms with Crippen molar-refractivity contribution in [2.24, 2.45) is 5.41 Å². The molecular weight excluding hydrogens is 136 g/mol. The molecule has 2 fully saturated rings. The summed E-state index contributed by atoms with van der Waals surface area (Å²) < 4.78 is 5.52. The van der Waals surface area contributed by atoms with E-state index in [9.17, 15) is 0 Å². The predicted octanol–water partition coefficient (Wildman–Crippen LogP) is 1.97. The quantitative estimate of drug-likeness (QED) is 0.519. The van der Waals surface area contributed by atoms with E-state index in [1.165, 1.54) is 25.7 Å². The zero-order chi connectivity index (χ0) is 7.95. The molecule has 1 heteroatoms. The van der Waals surface area contributed by atoms with Crippen LogP contribution in [0.15, 0.2) is 0 Å². The van der Waals surface area contributed by atoms with Crippen molar-refractivity contribution in [2.75, 3.05) is 7.11 Å². The van der Waals surface area contributed by atoms with E-state index in [1.807, 2.05) is 7.11 Å². The Morgan fingerprint density at radius 3 is 2.18 bits per heavy atom. The smallest absolute Gasteiger partial charge is 0.0694 e. The minimum absolute atomic E-state index is 0.173. The van der Waals surface area contributed by atoms with Gasteiger partial charge in [-0.15, -0.1) is 6.42 Å². The molecule has 2 rings (SSSR count). The molecule has 0 aromatic carbocycles. The molecule has 0 atom stereocenters. The Morgan fingerprint density at radius 2 is 1.91 bits per heavy atom. The first-order chi connectivity index (χ1) is 5.24. The van der Waals surface area contributed by atoms with Crippen LogP contribution in [0.2, 0.25) is 0 Å². The second-order valence-electron chi connectivity index (χ2n) is 3.99. The van der Waals surface area contributed by atoms with Crippen LogP contribution in [0.4, 0.5) is 0 Å². The largest absolute Gasteiger partial charge is 0.378 e. The van der Waals surface area contributed by atoms with Gasteiger partial charge in [-0.2, -0.15) is 0 Å². The van der Waals surface area contributed by atoms with Crippen LogP contribution in [0.5, 0.6) is 0 Å². The lowest BCUT2D eigenvalue weighted by Gasteiger charge is -2.24. The molecule has 2 saturated carbocycles. The summed E-state index contributed by atoms with van der Waals surface area (Å²) in [7, 11) is 1.82. The lowest BCUT2D eigenvalue weighted by atomic mass is 9.85. The first-order valence-electron chi connectivity index (χ1n) is 4.27. The van der Waals surface area contributed by atoms with Crippen LogP contribution < -0.4 is 0 Å². The van der Waals surface area contributed by atoms with Gasteiger partial charge >= 0.3 is 0 Å². The number of terminal acetylenes is 1. The molecule has 0 amide bonds. The molecule has 0 aromatic heterocycles. The highest BCUT2D eigenvalue weighted by Crippen LogP contribution is 2.57. The summed E-state index contributed by atoms with van der Waals surface area (Å²) in [6.07, 6.45) is 11.3. The number of hydrogen-bond acceptors (Lipinski definition) is 1. The molecule has 0 aromatic rings. The third kappa shape index (κ3) is 0.827. The molecule has 0 saturated heterocycles. The van der Waals surface area contributed by atoms with Crippen molar-refractivity contribution in [1.29, 1.82) is 0 Å². The van der Waals surface area contributed by atoms with Gasteiger partial charge in [0.2, 0.25) is 0 Å². The molecule has 11 heavy (non-hydrogen) atoms. The first-order valence-corrected chi connectivity index (χ1v) is 4.27. The Balaban J connectivity index is 2.23. The van der Waals surface area contributed by atoms with Crippen LogP contribution in [-0.4, -0.2) is 12.7 Å². The fraction of sp³-hybridized carbons (Fsp3) is 0.800. The molecule has 2 bridgehead atoms. The summed E-state index contributed by atoms with van der Waals surface area (Å²) in [5.74, 6) is 2.95. The summed E-state index contributed by atoms with van der Waals surface area (Å²) in [6, 6.07) is 0. The predicted molar refractivity (Wildman–Crippen MR) is 44.1 cm³/mol.